The van der Waals surface area contributed by atoms with Gasteiger partial charge in [-0.3, -0.25) is 0 Å². The third-order valence-electron chi connectivity index (χ3n) is 2.18. The summed E-state index contributed by atoms with van der Waals surface area (Å²) in [6.45, 7) is 0. The zero-order valence-electron chi connectivity index (χ0n) is 7.09. The molecule has 0 aromatic heterocycles. The summed E-state index contributed by atoms with van der Waals surface area (Å²) >= 11 is 6.89. The van der Waals surface area contributed by atoms with Crippen LogP contribution in [0.1, 0.15) is 12.8 Å². The van der Waals surface area contributed by atoms with Crippen LogP contribution in [0.4, 0.5) is 0 Å². The van der Waals surface area contributed by atoms with Crippen LogP contribution in [0, 0.1) is 0 Å². The van der Waals surface area contributed by atoms with Crippen molar-refractivity contribution in [2.24, 2.45) is 0 Å². The van der Waals surface area contributed by atoms with Crippen LogP contribution in [0.5, 0.6) is 5.75 Å². The first kappa shape index (κ1) is 9.53. The number of ether oxygens (including phenoxy) is 1. The Balaban J connectivity index is 2.09. The molecule has 70 valence electrons. The summed E-state index contributed by atoms with van der Waals surface area (Å²) in [6, 6.07) is 7.99. The van der Waals surface area contributed by atoms with Gasteiger partial charge in [-0.25, -0.2) is 0 Å². The zero-order chi connectivity index (χ0) is 9.31. The Kier molecular flexibility index (Phi) is 2.65. The predicted octanol–water partition coefficient (Wildman–Crippen LogP) is 3.76. The monoisotopic (exact) mass is 304 g/mol. The molecule has 0 N–H and O–H groups in total. The van der Waals surface area contributed by atoms with E-state index in [-0.39, 0.29) is 5.60 Å². The molecular weight excluding hydrogens is 296 g/mol. The molecular formula is C10H10Br2O. The van der Waals surface area contributed by atoms with Gasteiger partial charge in [0.05, 0.1) is 0 Å². The van der Waals surface area contributed by atoms with E-state index in [1.165, 1.54) is 0 Å². The molecule has 1 aromatic carbocycles. The first-order valence-electron chi connectivity index (χ1n) is 4.25. The van der Waals surface area contributed by atoms with Crippen LogP contribution in [-0.4, -0.2) is 10.9 Å². The first-order valence-corrected chi connectivity index (χ1v) is 6.16. The summed E-state index contributed by atoms with van der Waals surface area (Å²) in [7, 11) is 0. The number of benzene rings is 1. The second-order valence-corrected chi connectivity index (χ2v) is 4.85. The summed E-state index contributed by atoms with van der Waals surface area (Å²) in [5.41, 5.74) is 0.0841. The molecule has 1 aromatic rings. The van der Waals surface area contributed by atoms with E-state index < -0.39 is 0 Å². The highest BCUT2D eigenvalue weighted by Gasteiger charge is 2.44. The van der Waals surface area contributed by atoms with Crippen molar-refractivity contribution in [3.8, 4) is 5.75 Å². The molecule has 0 aliphatic heterocycles. The van der Waals surface area contributed by atoms with Crippen molar-refractivity contribution >= 4 is 31.9 Å². The highest BCUT2D eigenvalue weighted by molar-refractivity contribution is 9.10. The van der Waals surface area contributed by atoms with Gasteiger partial charge < -0.3 is 4.74 Å². The number of alkyl halides is 1. The fourth-order valence-corrected chi connectivity index (χ4v) is 2.24. The molecule has 0 amide bonds. The van der Waals surface area contributed by atoms with E-state index in [1.54, 1.807) is 0 Å². The third kappa shape index (κ3) is 2.26. The Morgan fingerprint density at radius 1 is 1.38 bits per heavy atom. The molecule has 13 heavy (non-hydrogen) atoms. The lowest BCUT2D eigenvalue weighted by Gasteiger charge is -2.15. The Hall–Kier alpha value is -0.0200. The molecule has 0 radical (unpaired) electrons. The summed E-state index contributed by atoms with van der Waals surface area (Å²) < 4.78 is 6.93. The maximum absolute atomic E-state index is 5.87. The fraction of sp³-hybridized carbons (Fsp3) is 0.400. The maximum atomic E-state index is 5.87. The van der Waals surface area contributed by atoms with Crippen LogP contribution < -0.4 is 4.74 Å². The largest absolute Gasteiger partial charge is 0.486 e. The fourth-order valence-electron chi connectivity index (χ4n) is 1.18. The molecule has 1 aliphatic rings. The predicted molar refractivity (Wildman–Crippen MR) is 60.5 cm³/mol. The van der Waals surface area contributed by atoms with Crippen LogP contribution in [0.3, 0.4) is 0 Å². The second kappa shape index (κ2) is 3.62. The average Bonchev–Trinajstić information content (AvgIpc) is 2.86. The lowest BCUT2D eigenvalue weighted by atomic mass is 10.3. The Labute approximate surface area is 94.7 Å². The first-order chi connectivity index (χ1) is 6.24. The normalized spacial score (nSPS) is 18.3. The van der Waals surface area contributed by atoms with E-state index in [2.05, 4.69) is 31.9 Å². The quantitative estimate of drug-likeness (QED) is 0.773. The molecule has 3 heteroatoms. The van der Waals surface area contributed by atoms with E-state index in [4.69, 9.17) is 4.74 Å². The van der Waals surface area contributed by atoms with Crippen molar-refractivity contribution in [2.45, 2.75) is 18.4 Å². The molecule has 0 bridgehead atoms. The lowest BCUT2D eigenvalue weighted by molar-refractivity contribution is 0.206. The van der Waals surface area contributed by atoms with E-state index in [0.717, 1.165) is 28.4 Å². The molecule has 0 spiro atoms. The highest BCUT2D eigenvalue weighted by atomic mass is 79.9. The van der Waals surface area contributed by atoms with Crippen molar-refractivity contribution < 1.29 is 4.74 Å². The molecule has 0 saturated heterocycles. The molecule has 1 aliphatic carbocycles. The summed E-state index contributed by atoms with van der Waals surface area (Å²) in [5, 5.41) is 0.923. The van der Waals surface area contributed by atoms with Crippen molar-refractivity contribution in [1.82, 2.24) is 0 Å². The van der Waals surface area contributed by atoms with Gasteiger partial charge >= 0.3 is 0 Å². The minimum Gasteiger partial charge on any atom is -0.486 e. The minimum atomic E-state index is 0.0841. The van der Waals surface area contributed by atoms with E-state index >= 15 is 0 Å². The smallest absolute Gasteiger partial charge is 0.121 e. The van der Waals surface area contributed by atoms with Crippen molar-refractivity contribution in [3.63, 3.8) is 0 Å². The van der Waals surface area contributed by atoms with Gasteiger partial charge in [-0.15, -0.1) is 0 Å². The summed E-state index contributed by atoms with van der Waals surface area (Å²) in [6.07, 6.45) is 2.32. The van der Waals surface area contributed by atoms with Crippen molar-refractivity contribution in [1.29, 1.82) is 0 Å². The van der Waals surface area contributed by atoms with Crippen LogP contribution in [-0.2, 0) is 0 Å². The van der Waals surface area contributed by atoms with E-state index in [9.17, 15) is 0 Å². The third-order valence-corrected chi connectivity index (χ3v) is 3.70. The lowest BCUT2D eigenvalue weighted by Crippen LogP contribution is -2.19. The average molecular weight is 306 g/mol. The standard InChI is InChI=1S/C10H10Br2O/c11-7-10(4-5-10)13-9-3-1-2-8(12)6-9/h1-3,6H,4-5,7H2. The Bertz CT molecular complexity index is 308. The molecule has 0 heterocycles. The van der Waals surface area contributed by atoms with Gasteiger partial charge in [0.2, 0.25) is 0 Å². The number of hydrogen-bond donors (Lipinski definition) is 0. The molecule has 1 fully saturated rings. The highest BCUT2D eigenvalue weighted by Crippen LogP contribution is 2.41. The van der Waals surface area contributed by atoms with E-state index in [1.807, 2.05) is 24.3 Å². The Morgan fingerprint density at radius 2 is 2.15 bits per heavy atom. The molecule has 0 unspecified atom stereocenters. The maximum Gasteiger partial charge on any atom is 0.121 e. The molecule has 0 atom stereocenters. The second-order valence-electron chi connectivity index (χ2n) is 3.38. The van der Waals surface area contributed by atoms with Gasteiger partial charge in [0.25, 0.3) is 0 Å². The topological polar surface area (TPSA) is 9.23 Å². The van der Waals surface area contributed by atoms with Crippen molar-refractivity contribution in [3.05, 3.63) is 28.7 Å². The molecule has 1 saturated carbocycles. The van der Waals surface area contributed by atoms with Gasteiger partial charge in [0.15, 0.2) is 0 Å². The number of rotatable bonds is 3. The minimum absolute atomic E-state index is 0.0841. The summed E-state index contributed by atoms with van der Waals surface area (Å²) in [4.78, 5) is 0. The van der Waals surface area contributed by atoms with Crippen LogP contribution in [0.2, 0.25) is 0 Å². The van der Waals surface area contributed by atoms with Crippen LogP contribution >= 0.6 is 31.9 Å². The number of halogens is 2. The van der Waals surface area contributed by atoms with Crippen molar-refractivity contribution in [2.75, 3.05) is 5.33 Å². The molecule has 1 nitrogen and oxygen atoms in total. The van der Waals surface area contributed by atoms with E-state index in [0.29, 0.717) is 0 Å². The van der Waals surface area contributed by atoms with Gasteiger partial charge in [0.1, 0.15) is 11.4 Å². The molecule has 2 rings (SSSR count). The Morgan fingerprint density at radius 3 is 2.69 bits per heavy atom. The van der Waals surface area contributed by atoms with Gasteiger partial charge in [-0.2, -0.15) is 0 Å². The van der Waals surface area contributed by atoms with Crippen LogP contribution in [0.15, 0.2) is 28.7 Å². The van der Waals surface area contributed by atoms with Crippen LogP contribution in [0.25, 0.3) is 0 Å². The van der Waals surface area contributed by atoms with Gasteiger partial charge in [0, 0.05) is 9.80 Å². The zero-order valence-corrected chi connectivity index (χ0v) is 10.3. The van der Waals surface area contributed by atoms with Gasteiger partial charge in [-0.1, -0.05) is 37.9 Å². The SMILES string of the molecule is BrCC1(Oc2cccc(Br)c2)CC1. The summed E-state index contributed by atoms with van der Waals surface area (Å²) in [5.74, 6) is 0.950. The number of hydrogen-bond acceptors (Lipinski definition) is 1. The van der Waals surface area contributed by atoms with Gasteiger partial charge in [-0.05, 0) is 31.0 Å².